The smallest absolute Gasteiger partial charge is 0.744 e. The Bertz CT molecular complexity index is 602. The third kappa shape index (κ3) is 12.2. The van der Waals surface area contributed by atoms with Crippen molar-refractivity contribution >= 4 is 10.1 Å². The predicted octanol–water partition coefficient (Wildman–Crippen LogP) is 2.93. The van der Waals surface area contributed by atoms with Gasteiger partial charge in [-0.3, -0.25) is 0 Å². The van der Waals surface area contributed by atoms with Crippen molar-refractivity contribution in [2.24, 2.45) is 0 Å². The monoisotopic (exact) mass is 406 g/mol. The minimum Gasteiger partial charge on any atom is -0.744 e. The summed E-state index contributed by atoms with van der Waals surface area (Å²) in [6.45, 7) is 2.24. The molecule has 0 radical (unpaired) electrons. The molecule has 0 amide bonds. The summed E-state index contributed by atoms with van der Waals surface area (Å²) >= 11 is 0. The van der Waals surface area contributed by atoms with Crippen LogP contribution in [0.5, 0.6) is 5.75 Å². The number of unbranched alkanes of at least 4 members (excludes halogenated alkanes) is 12. The van der Waals surface area contributed by atoms with Crippen LogP contribution in [0.3, 0.4) is 0 Å². The Labute approximate surface area is 188 Å². The maximum Gasteiger partial charge on any atom is 1.00 e. The van der Waals surface area contributed by atoms with Gasteiger partial charge in [-0.2, -0.15) is 0 Å². The molecule has 0 unspecified atom stereocenters. The Hall–Kier alpha value is -0.0700. The second kappa shape index (κ2) is 15.8. The molecule has 0 saturated heterocycles. The van der Waals surface area contributed by atoms with E-state index in [1.807, 2.05) is 0 Å². The van der Waals surface area contributed by atoms with Gasteiger partial charge in [-0.15, -0.1) is 0 Å². The molecule has 0 atom stereocenters. The third-order valence-corrected chi connectivity index (χ3v) is 5.85. The van der Waals surface area contributed by atoms with Crippen LogP contribution in [0.2, 0.25) is 0 Å². The largest absolute Gasteiger partial charge is 1.00 e. The van der Waals surface area contributed by atoms with Crippen LogP contribution in [0.1, 0.15) is 96.0 Å². The first-order chi connectivity index (χ1) is 12.5. The van der Waals surface area contributed by atoms with Crippen molar-refractivity contribution in [3.8, 4) is 5.75 Å². The van der Waals surface area contributed by atoms with Gasteiger partial charge in [0.1, 0.15) is 15.9 Å². The Morgan fingerprint density at radius 3 is 1.70 bits per heavy atom. The van der Waals surface area contributed by atoms with Crippen LogP contribution < -0.4 is 29.6 Å². The molecule has 1 N–H and O–H groups in total. The number of hydrogen-bond donors (Lipinski definition) is 1. The van der Waals surface area contributed by atoms with Gasteiger partial charge in [0.05, 0.1) is 4.90 Å². The molecule has 0 spiro atoms. The molecule has 0 aliphatic heterocycles. The number of phenolic OH excluding ortho intramolecular Hbond substituents is 1. The second-order valence-corrected chi connectivity index (χ2v) is 8.53. The van der Waals surface area contributed by atoms with Crippen molar-refractivity contribution in [2.75, 3.05) is 0 Å². The molecule has 27 heavy (non-hydrogen) atoms. The number of phenols is 1. The van der Waals surface area contributed by atoms with Crippen molar-refractivity contribution in [3.05, 3.63) is 23.8 Å². The van der Waals surface area contributed by atoms with Crippen molar-refractivity contribution in [3.63, 3.8) is 0 Å². The first-order valence-electron chi connectivity index (χ1n) is 10.2. The molecule has 0 aliphatic carbocycles. The molecular weight excluding hydrogens is 371 g/mol. The number of aromatic hydroxyl groups is 1. The van der Waals surface area contributed by atoms with E-state index in [1.54, 1.807) is 12.1 Å². The molecule has 1 rings (SSSR count). The van der Waals surface area contributed by atoms with E-state index in [4.69, 9.17) is 0 Å². The van der Waals surface area contributed by atoms with E-state index in [0.29, 0.717) is 12.0 Å². The summed E-state index contributed by atoms with van der Waals surface area (Å²) in [7, 11) is -4.63. The summed E-state index contributed by atoms with van der Waals surface area (Å²) in [6, 6.07) is 4.45. The summed E-state index contributed by atoms with van der Waals surface area (Å²) in [5.74, 6) is -0.438. The number of hydrogen-bond acceptors (Lipinski definition) is 4. The molecule has 0 heterocycles. The topological polar surface area (TPSA) is 77.4 Å². The van der Waals surface area contributed by atoms with Crippen LogP contribution in [0, 0.1) is 0 Å². The molecule has 150 valence electrons. The summed E-state index contributed by atoms with van der Waals surface area (Å²) in [4.78, 5) is -0.445. The first kappa shape index (κ1) is 26.9. The Morgan fingerprint density at radius 2 is 1.26 bits per heavy atom. The standard InChI is InChI=1S/C21H36O4S.Na/c1-2-3-4-5-6-7-8-9-10-11-12-13-14-16-19-17-15-18-20(22)21(19)26(23,24)25;/h15,17-18,22H,2-14,16H2,1H3,(H,23,24,25);/q;+1/p-1. The van der Waals surface area contributed by atoms with Crippen molar-refractivity contribution in [2.45, 2.75) is 102 Å². The molecule has 4 nitrogen and oxygen atoms in total. The van der Waals surface area contributed by atoms with Gasteiger partial charge in [-0.05, 0) is 24.5 Å². The fraction of sp³-hybridized carbons (Fsp3) is 0.714. The van der Waals surface area contributed by atoms with E-state index in [1.165, 1.54) is 70.3 Å². The molecule has 1 aromatic rings. The number of benzene rings is 1. The van der Waals surface area contributed by atoms with E-state index in [0.717, 1.165) is 19.3 Å². The van der Waals surface area contributed by atoms with Crippen molar-refractivity contribution < 1.29 is 47.6 Å². The third-order valence-electron chi connectivity index (χ3n) is 4.88. The van der Waals surface area contributed by atoms with Crippen LogP contribution in [-0.4, -0.2) is 18.1 Å². The van der Waals surface area contributed by atoms with E-state index >= 15 is 0 Å². The van der Waals surface area contributed by atoms with Crippen molar-refractivity contribution in [1.82, 2.24) is 0 Å². The van der Waals surface area contributed by atoms with Gasteiger partial charge < -0.3 is 9.66 Å². The first-order valence-corrected chi connectivity index (χ1v) is 11.6. The SMILES string of the molecule is CCCCCCCCCCCCCCCc1cccc(O)c1S(=O)(=O)[O-].[Na+]. The summed E-state index contributed by atoms with van der Waals surface area (Å²) < 4.78 is 33.9. The Morgan fingerprint density at radius 1 is 0.815 bits per heavy atom. The summed E-state index contributed by atoms with van der Waals surface area (Å²) in [6.07, 6.45) is 16.8. The zero-order chi connectivity index (χ0) is 19.3. The van der Waals surface area contributed by atoms with Crippen LogP contribution >= 0.6 is 0 Å². The molecule has 1 aromatic carbocycles. The predicted molar refractivity (Wildman–Crippen MR) is 105 cm³/mol. The molecule has 0 aliphatic rings. The minimum atomic E-state index is -4.63. The van der Waals surface area contributed by atoms with E-state index < -0.39 is 20.8 Å². The zero-order valence-electron chi connectivity index (χ0n) is 17.2. The summed E-state index contributed by atoms with van der Waals surface area (Å²) in [5.41, 5.74) is 0.433. The number of aryl methyl sites for hydroxylation is 1. The Balaban J connectivity index is 0.00000676. The normalized spacial score (nSPS) is 11.3. The van der Waals surface area contributed by atoms with Gasteiger partial charge in [0.15, 0.2) is 0 Å². The molecule has 0 aromatic heterocycles. The van der Waals surface area contributed by atoms with Gasteiger partial charge in [0.2, 0.25) is 0 Å². The molecule has 0 saturated carbocycles. The van der Waals surface area contributed by atoms with Gasteiger partial charge >= 0.3 is 29.6 Å². The quantitative estimate of drug-likeness (QED) is 0.276. The molecular formula is C21H35NaO4S. The van der Waals surface area contributed by atoms with Crippen LogP contribution in [0.15, 0.2) is 23.1 Å². The van der Waals surface area contributed by atoms with Gasteiger partial charge in [-0.25, -0.2) is 8.42 Å². The second-order valence-electron chi connectivity index (χ2n) is 7.21. The van der Waals surface area contributed by atoms with Crippen molar-refractivity contribution in [1.29, 1.82) is 0 Å². The maximum atomic E-state index is 11.3. The van der Waals surface area contributed by atoms with E-state index in [-0.39, 0.29) is 29.6 Å². The summed E-state index contributed by atoms with van der Waals surface area (Å²) in [5, 5.41) is 9.65. The fourth-order valence-electron chi connectivity index (χ4n) is 3.39. The fourth-order valence-corrected chi connectivity index (χ4v) is 4.21. The zero-order valence-corrected chi connectivity index (χ0v) is 20.0. The van der Waals surface area contributed by atoms with Crippen LogP contribution in [-0.2, 0) is 16.5 Å². The molecule has 0 bridgehead atoms. The maximum absolute atomic E-state index is 11.3. The van der Waals surface area contributed by atoms with Gasteiger partial charge in [0.25, 0.3) is 0 Å². The molecule has 0 fully saturated rings. The number of rotatable bonds is 15. The molecule has 6 heteroatoms. The van der Waals surface area contributed by atoms with Crippen LogP contribution in [0.4, 0.5) is 0 Å². The van der Waals surface area contributed by atoms with E-state index in [2.05, 4.69) is 6.92 Å². The van der Waals surface area contributed by atoms with Gasteiger partial charge in [0, 0.05) is 0 Å². The average Bonchev–Trinajstić information content (AvgIpc) is 2.58. The Kier molecular flexibility index (Phi) is 15.8. The average molecular weight is 407 g/mol. The minimum absolute atomic E-state index is 0. The van der Waals surface area contributed by atoms with E-state index in [9.17, 15) is 18.1 Å². The van der Waals surface area contributed by atoms with Crippen LogP contribution in [0.25, 0.3) is 0 Å². The van der Waals surface area contributed by atoms with Gasteiger partial charge in [-0.1, -0.05) is 96.1 Å².